The molecule has 0 radical (unpaired) electrons. The molecule has 0 aliphatic rings. The van der Waals surface area contributed by atoms with Gasteiger partial charge in [0.2, 0.25) is 0 Å². The number of benzene rings is 1. The van der Waals surface area contributed by atoms with Crippen LogP contribution in [-0.4, -0.2) is 15.8 Å². The van der Waals surface area contributed by atoms with Crippen LogP contribution >= 0.6 is 11.6 Å². The molecule has 0 bridgehead atoms. The third-order valence-electron chi connectivity index (χ3n) is 2.48. The van der Waals surface area contributed by atoms with E-state index in [9.17, 15) is 4.79 Å². The second-order valence-electron chi connectivity index (χ2n) is 4.24. The average Bonchev–Trinajstić information content (AvgIpc) is 2.29. The molecule has 3 nitrogen and oxygen atoms in total. The van der Waals surface area contributed by atoms with Crippen LogP contribution in [0.3, 0.4) is 0 Å². The van der Waals surface area contributed by atoms with Crippen molar-refractivity contribution in [2.24, 2.45) is 0 Å². The Bertz CT molecular complexity index is 561. The van der Waals surface area contributed by atoms with Crippen LogP contribution in [0.4, 0.5) is 0 Å². The van der Waals surface area contributed by atoms with E-state index in [0.29, 0.717) is 5.75 Å². The number of nitrogens with zero attached hydrogens (tertiary/aromatic N) is 1. The van der Waals surface area contributed by atoms with Crippen molar-refractivity contribution in [3.63, 3.8) is 0 Å². The molecular formula is C13H12ClNO2. The molecule has 0 unspecified atom stereocenters. The van der Waals surface area contributed by atoms with E-state index in [0.717, 1.165) is 10.8 Å². The van der Waals surface area contributed by atoms with Gasteiger partial charge in [-0.25, -0.2) is 0 Å². The van der Waals surface area contributed by atoms with Gasteiger partial charge in [-0.3, -0.25) is 9.78 Å². The molecule has 1 heterocycles. The minimum atomic E-state index is -1.04. The summed E-state index contributed by atoms with van der Waals surface area (Å²) < 4.78 is 5.67. The first-order valence-corrected chi connectivity index (χ1v) is 5.60. The molecule has 0 saturated carbocycles. The van der Waals surface area contributed by atoms with Gasteiger partial charge in [0.25, 0.3) is 5.24 Å². The summed E-state index contributed by atoms with van der Waals surface area (Å²) in [5, 5.41) is 1.35. The molecule has 4 heteroatoms. The number of ether oxygens (including phenoxy) is 1. The van der Waals surface area contributed by atoms with Gasteiger partial charge in [-0.15, -0.1) is 0 Å². The molecule has 88 valence electrons. The summed E-state index contributed by atoms with van der Waals surface area (Å²) in [5.41, 5.74) is -1.04. The normalized spacial score (nSPS) is 11.5. The van der Waals surface area contributed by atoms with Crippen molar-refractivity contribution < 1.29 is 9.53 Å². The number of carbonyl (C=O) groups excluding carboxylic acids is 1. The zero-order valence-corrected chi connectivity index (χ0v) is 10.4. The first kappa shape index (κ1) is 11.9. The molecule has 0 aliphatic heterocycles. The number of hydrogen-bond donors (Lipinski definition) is 0. The fraction of sp³-hybridized carbons (Fsp3) is 0.231. The number of carbonyl (C=O) groups is 1. The van der Waals surface area contributed by atoms with Crippen LogP contribution in [0.15, 0.2) is 36.7 Å². The van der Waals surface area contributed by atoms with Gasteiger partial charge in [0.15, 0.2) is 5.60 Å². The van der Waals surface area contributed by atoms with Gasteiger partial charge in [-0.1, -0.05) is 12.1 Å². The number of pyridine rings is 1. The van der Waals surface area contributed by atoms with Crippen molar-refractivity contribution in [1.29, 1.82) is 0 Å². The van der Waals surface area contributed by atoms with E-state index in [1.54, 1.807) is 26.2 Å². The number of hydrogen-bond acceptors (Lipinski definition) is 3. The fourth-order valence-electron chi connectivity index (χ4n) is 1.50. The van der Waals surface area contributed by atoms with Crippen LogP contribution in [0.2, 0.25) is 0 Å². The molecule has 2 rings (SSSR count). The van der Waals surface area contributed by atoms with Crippen molar-refractivity contribution in [3.8, 4) is 5.75 Å². The third-order valence-corrected chi connectivity index (χ3v) is 2.93. The smallest absolute Gasteiger partial charge is 0.264 e. The highest BCUT2D eigenvalue weighted by molar-refractivity contribution is 6.65. The Morgan fingerprint density at radius 1 is 1.35 bits per heavy atom. The summed E-state index contributed by atoms with van der Waals surface area (Å²) in [6.45, 7) is 3.28. The number of fused-ring (bicyclic) bond motifs is 1. The quantitative estimate of drug-likeness (QED) is 0.785. The van der Waals surface area contributed by atoms with Gasteiger partial charge in [0, 0.05) is 23.2 Å². The highest BCUT2D eigenvalue weighted by Gasteiger charge is 2.28. The maximum atomic E-state index is 11.2. The lowest BCUT2D eigenvalue weighted by Gasteiger charge is -2.22. The largest absolute Gasteiger partial charge is 0.478 e. The topological polar surface area (TPSA) is 39.2 Å². The molecule has 0 saturated heterocycles. The average molecular weight is 250 g/mol. The lowest BCUT2D eigenvalue weighted by atomic mass is 10.1. The van der Waals surface area contributed by atoms with Crippen LogP contribution in [0.1, 0.15) is 13.8 Å². The molecule has 1 aromatic carbocycles. The highest BCUT2D eigenvalue weighted by atomic mass is 35.5. The Morgan fingerprint density at radius 2 is 2.12 bits per heavy atom. The summed E-state index contributed by atoms with van der Waals surface area (Å²) in [4.78, 5) is 15.3. The third kappa shape index (κ3) is 2.39. The molecular weight excluding hydrogens is 238 g/mol. The zero-order chi connectivity index (χ0) is 12.5. The monoisotopic (exact) mass is 249 g/mol. The van der Waals surface area contributed by atoms with Gasteiger partial charge < -0.3 is 4.74 Å². The van der Waals surface area contributed by atoms with E-state index < -0.39 is 10.8 Å². The Morgan fingerprint density at radius 3 is 2.82 bits per heavy atom. The second kappa shape index (κ2) is 4.34. The molecule has 0 aliphatic carbocycles. The molecule has 0 spiro atoms. The second-order valence-corrected chi connectivity index (χ2v) is 4.58. The maximum Gasteiger partial charge on any atom is 0.264 e. The highest BCUT2D eigenvalue weighted by Crippen LogP contribution is 2.28. The Hall–Kier alpha value is -1.61. The van der Waals surface area contributed by atoms with Crippen LogP contribution in [0.5, 0.6) is 5.75 Å². The molecule has 0 fully saturated rings. The first-order chi connectivity index (χ1) is 8.00. The number of aromatic nitrogens is 1. The van der Waals surface area contributed by atoms with E-state index in [1.807, 2.05) is 24.3 Å². The molecule has 0 amide bonds. The van der Waals surface area contributed by atoms with Crippen molar-refractivity contribution in [2.75, 3.05) is 0 Å². The first-order valence-electron chi connectivity index (χ1n) is 5.22. The molecule has 0 atom stereocenters. The van der Waals surface area contributed by atoms with E-state index in [4.69, 9.17) is 16.3 Å². The summed E-state index contributed by atoms with van der Waals surface area (Å²) >= 11 is 5.49. The van der Waals surface area contributed by atoms with Crippen LogP contribution in [-0.2, 0) is 4.79 Å². The van der Waals surface area contributed by atoms with Gasteiger partial charge in [0.05, 0.1) is 0 Å². The predicted molar refractivity (Wildman–Crippen MR) is 67.3 cm³/mol. The standard InChI is InChI=1S/C13H12ClNO2/c1-13(2,12(14)16)17-11-5-3-4-9-8-15-7-6-10(9)11/h3-8H,1-2H3. The van der Waals surface area contributed by atoms with Gasteiger partial charge in [-0.2, -0.15) is 0 Å². The van der Waals surface area contributed by atoms with E-state index in [-0.39, 0.29) is 0 Å². The summed E-state index contributed by atoms with van der Waals surface area (Å²) in [5.74, 6) is 0.629. The lowest BCUT2D eigenvalue weighted by molar-refractivity contribution is -0.123. The number of rotatable bonds is 3. The van der Waals surface area contributed by atoms with E-state index in [1.165, 1.54) is 0 Å². The maximum absolute atomic E-state index is 11.2. The van der Waals surface area contributed by atoms with E-state index in [2.05, 4.69) is 4.98 Å². The van der Waals surface area contributed by atoms with Crippen molar-refractivity contribution >= 4 is 27.6 Å². The summed E-state index contributed by atoms with van der Waals surface area (Å²) in [6.07, 6.45) is 3.43. The van der Waals surface area contributed by atoms with E-state index >= 15 is 0 Å². The lowest BCUT2D eigenvalue weighted by Crippen LogP contribution is -2.34. The molecule has 1 aromatic heterocycles. The molecule has 17 heavy (non-hydrogen) atoms. The summed E-state index contributed by atoms with van der Waals surface area (Å²) in [6, 6.07) is 7.45. The SMILES string of the molecule is CC(C)(Oc1cccc2cnccc12)C(=O)Cl. The molecule has 0 N–H and O–H groups in total. The minimum absolute atomic E-state index is 0.524. The van der Waals surface area contributed by atoms with Gasteiger partial charge in [0.1, 0.15) is 5.75 Å². The zero-order valence-electron chi connectivity index (χ0n) is 9.61. The fourth-order valence-corrected chi connectivity index (χ4v) is 1.54. The predicted octanol–water partition coefficient (Wildman–Crippen LogP) is 3.16. The summed E-state index contributed by atoms with van der Waals surface area (Å²) in [7, 11) is 0. The van der Waals surface area contributed by atoms with Gasteiger partial charge >= 0.3 is 0 Å². The minimum Gasteiger partial charge on any atom is -0.478 e. The number of halogens is 1. The van der Waals surface area contributed by atoms with Crippen molar-refractivity contribution in [1.82, 2.24) is 4.98 Å². The van der Waals surface area contributed by atoms with Gasteiger partial charge in [-0.05, 0) is 37.6 Å². The Balaban J connectivity index is 2.46. The van der Waals surface area contributed by atoms with Crippen molar-refractivity contribution in [2.45, 2.75) is 19.4 Å². The van der Waals surface area contributed by atoms with Crippen LogP contribution in [0.25, 0.3) is 10.8 Å². The molecule has 2 aromatic rings. The van der Waals surface area contributed by atoms with Crippen LogP contribution in [0, 0.1) is 0 Å². The van der Waals surface area contributed by atoms with Crippen LogP contribution < -0.4 is 4.74 Å². The van der Waals surface area contributed by atoms with Crippen molar-refractivity contribution in [3.05, 3.63) is 36.7 Å². The Kier molecular flexibility index (Phi) is 3.03. The Labute approximate surface area is 104 Å².